The van der Waals surface area contributed by atoms with Crippen LogP contribution in [0.1, 0.15) is 33.1 Å². The van der Waals surface area contributed by atoms with Gasteiger partial charge in [0.1, 0.15) is 5.82 Å². The van der Waals surface area contributed by atoms with Crippen molar-refractivity contribution in [2.24, 2.45) is 0 Å². The minimum Gasteiger partial charge on any atom is -0.382 e. The molecular formula is C12H17ClFN. The van der Waals surface area contributed by atoms with Crippen LogP contribution in [-0.2, 0) is 0 Å². The summed E-state index contributed by atoms with van der Waals surface area (Å²) in [6.07, 6.45) is 3.31. The Hall–Kier alpha value is -0.760. The molecular weight excluding hydrogens is 213 g/mol. The number of hydrogen-bond acceptors (Lipinski definition) is 1. The summed E-state index contributed by atoms with van der Waals surface area (Å²) in [5.41, 5.74) is 0.890. The summed E-state index contributed by atoms with van der Waals surface area (Å²) in [6.45, 7) is 4.29. The molecule has 0 radical (unpaired) electrons. The molecule has 0 aromatic heterocycles. The van der Waals surface area contributed by atoms with E-state index in [9.17, 15) is 4.39 Å². The molecule has 0 aliphatic rings. The average Bonchev–Trinajstić information content (AvgIpc) is 2.23. The summed E-state index contributed by atoms with van der Waals surface area (Å²) in [5, 5.41) is 3.52. The Bertz CT molecular complexity index is 314. The lowest BCUT2D eigenvalue weighted by Crippen LogP contribution is -2.17. The first-order valence-corrected chi connectivity index (χ1v) is 5.76. The number of anilines is 1. The minimum absolute atomic E-state index is 0.173. The van der Waals surface area contributed by atoms with Crippen molar-refractivity contribution < 1.29 is 4.39 Å². The molecule has 0 heterocycles. The van der Waals surface area contributed by atoms with Gasteiger partial charge in [-0.1, -0.05) is 31.9 Å². The first kappa shape index (κ1) is 12.3. The van der Waals surface area contributed by atoms with Crippen molar-refractivity contribution in [2.75, 3.05) is 5.32 Å². The van der Waals surface area contributed by atoms with Gasteiger partial charge in [-0.25, -0.2) is 4.39 Å². The lowest BCUT2D eigenvalue weighted by Gasteiger charge is -2.17. The first-order chi connectivity index (χ1) is 7.17. The summed E-state index contributed by atoms with van der Waals surface area (Å²) >= 11 is 5.70. The third-order valence-electron chi connectivity index (χ3n) is 2.42. The van der Waals surface area contributed by atoms with Crippen LogP contribution in [0.25, 0.3) is 0 Å². The fourth-order valence-electron chi connectivity index (χ4n) is 1.55. The van der Waals surface area contributed by atoms with E-state index in [-0.39, 0.29) is 10.8 Å². The summed E-state index contributed by atoms with van der Waals surface area (Å²) in [5.74, 6) is -0.370. The Morgan fingerprint density at radius 3 is 2.67 bits per heavy atom. The average molecular weight is 230 g/mol. The zero-order chi connectivity index (χ0) is 11.3. The molecule has 0 saturated carbocycles. The van der Waals surface area contributed by atoms with Crippen molar-refractivity contribution in [3.05, 3.63) is 29.0 Å². The Balaban J connectivity index is 2.66. The summed E-state index contributed by atoms with van der Waals surface area (Å²) in [6, 6.07) is 5.19. The molecule has 0 spiro atoms. The maximum absolute atomic E-state index is 12.9. The zero-order valence-corrected chi connectivity index (χ0v) is 9.94. The SMILES string of the molecule is CCCC(CC)Nc1ccc(F)c(Cl)c1. The number of nitrogens with one attached hydrogen (secondary N) is 1. The van der Waals surface area contributed by atoms with Crippen LogP contribution >= 0.6 is 11.6 Å². The van der Waals surface area contributed by atoms with E-state index < -0.39 is 0 Å². The molecule has 0 fully saturated rings. The number of halogens is 2. The van der Waals surface area contributed by atoms with Gasteiger partial charge >= 0.3 is 0 Å². The van der Waals surface area contributed by atoms with Crippen LogP contribution in [0.4, 0.5) is 10.1 Å². The molecule has 1 unspecified atom stereocenters. The van der Waals surface area contributed by atoms with Crippen molar-refractivity contribution in [1.82, 2.24) is 0 Å². The first-order valence-electron chi connectivity index (χ1n) is 5.39. The lowest BCUT2D eigenvalue weighted by molar-refractivity contribution is 0.619. The highest BCUT2D eigenvalue weighted by Gasteiger charge is 2.06. The molecule has 0 aliphatic carbocycles. The third-order valence-corrected chi connectivity index (χ3v) is 2.71. The highest BCUT2D eigenvalue weighted by Crippen LogP contribution is 2.21. The van der Waals surface area contributed by atoms with E-state index in [1.165, 1.54) is 6.07 Å². The van der Waals surface area contributed by atoms with Crippen molar-refractivity contribution in [3.8, 4) is 0 Å². The standard InChI is InChI=1S/C12H17ClFN/c1-3-5-9(4-2)15-10-6-7-12(14)11(13)8-10/h6-9,15H,3-5H2,1-2H3. The summed E-state index contributed by atoms with van der Waals surface area (Å²) in [7, 11) is 0. The molecule has 1 aromatic rings. The second-order valence-corrected chi connectivity index (χ2v) is 4.07. The predicted octanol–water partition coefficient (Wildman–Crippen LogP) is 4.47. The Morgan fingerprint density at radius 1 is 1.40 bits per heavy atom. The second kappa shape index (κ2) is 5.96. The van der Waals surface area contributed by atoms with Crippen LogP contribution in [0.15, 0.2) is 18.2 Å². The van der Waals surface area contributed by atoms with Gasteiger partial charge in [0.25, 0.3) is 0 Å². The van der Waals surface area contributed by atoms with Crippen molar-refractivity contribution >= 4 is 17.3 Å². The molecule has 0 bridgehead atoms. The third kappa shape index (κ3) is 3.71. The minimum atomic E-state index is -0.370. The van der Waals surface area contributed by atoms with Crippen molar-refractivity contribution in [3.63, 3.8) is 0 Å². The van der Waals surface area contributed by atoms with Crippen LogP contribution in [-0.4, -0.2) is 6.04 Å². The molecule has 0 saturated heterocycles. The van der Waals surface area contributed by atoms with Crippen LogP contribution < -0.4 is 5.32 Å². The van der Waals surface area contributed by atoms with E-state index in [4.69, 9.17) is 11.6 Å². The summed E-state index contributed by atoms with van der Waals surface area (Å²) < 4.78 is 12.9. The zero-order valence-electron chi connectivity index (χ0n) is 9.19. The molecule has 0 aliphatic heterocycles. The summed E-state index contributed by atoms with van der Waals surface area (Å²) in [4.78, 5) is 0. The van der Waals surface area contributed by atoms with Gasteiger partial charge in [0.2, 0.25) is 0 Å². The molecule has 1 atom stereocenters. The quantitative estimate of drug-likeness (QED) is 0.786. The van der Waals surface area contributed by atoms with Crippen molar-refractivity contribution in [2.45, 2.75) is 39.2 Å². The number of benzene rings is 1. The smallest absolute Gasteiger partial charge is 0.141 e. The van der Waals surface area contributed by atoms with E-state index >= 15 is 0 Å². The van der Waals surface area contributed by atoms with Crippen LogP contribution in [0, 0.1) is 5.82 Å². The molecule has 15 heavy (non-hydrogen) atoms. The maximum Gasteiger partial charge on any atom is 0.141 e. The Labute approximate surface area is 95.6 Å². The van der Waals surface area contributed by atoms with E-state index in [1.54, 1.807) is 12.1 Å². The lowest BCUT2D eigenvalue weighted by atomic mass is 10.1. The molecule has 84 valence electrons. The van der Waals surface area contributed by atoms with Gasteiger partial charge in [-0.15, -0.1) is 0 Å². The van der Waals surface area contributed by atoms with E-state index in [1.807, 2.05) is 0 Å². The fraction of sp³-hybridized carbons (Fsp3) is 0.500. The maximum atomic E-state index is 12.9. The highest BCUT2D eigenvalue weighted by molar-refractivity contribution is 6.31. The fourth-order valence-corrected chi connectivity index (χ4v) is 1.73. The molecule has 0 amide bonds. The van der Waals surface area contributed by atoms with Gasteiger partial charge in [-0.2, -0.15) is 0 Å². The van der Waals surface area contributed by atoms with E-state index in [0.717, 1.165) is 24.9 Å². The molecule has 1 N–H and O–H groups in total. The predicted molar refractivity (Wildman–Crippen MR) is 64.0 cm³/mol. The largest absolute Gasteiger partial charge is 0.382 e. The Kier molecular flexibility index (Phi) is 4.89. The normalized spacial score (nSPS) is 12.5. The van der Waals surface area contributed by atoms with E-state index in [0.29, 0.717) is 6.04 Å². The van der Waals surface area contributed by atoms with Gasteiger partial charge in [0, 0.05) is 11.7 Å². The highest BCUT2D eigenvalue weighted by atomic mass is 35.5. The van der Waals surface area contributed by atoms with Gasteiger partial charge < -0.3 is 5.32 Å². The van der Waals surface area contributed by atoms with E-state index in [2.05, 4.69) is 19.2 Å². The topological polar surface area (TPSA) is 12.0 Å². The second-order valence-electron chi connectivity index (χ2n) is 3.67. The van der Waals surface area contributed by atoms with Crippen LogP contribution in [0.3, 0.4) is 0 Å². The van der Waals surface area contributed by atoms with Gasteiger partial charge in [-0.05, 0) is 31.0 Å². The van der Waals surface area contributed by atoms with Crippen molar-refractivity contribution in [1.29, 1.82) is 0 Å². The molecule has 1 rings (SSSR count). The molecule has 1 aromatic carbocycles. The van der Waals surface area contributed by atoms with Gasteiger partial charge in [0.05, 0.1) is 5.02 Å². The van der Waals surface area contributed by atoms with Crippen LogP contribution in [0.5, 0.6) is 0 Å². The monoisotopic (exact) mass is 229 g/mol. The van der Waals surface area contributed by atoms with Gasteiger partial charge in [-0.3, -0.25) is 0 Å². The number of rotatable bonds is 5. The number of hydrogen-bond donors (Lipinski definition) is 1. The van der Waals surface area contributed by atoms with Gasteiger partial charge in [0.15, 0.2) is 0 Å². The van der Waals surface area contributed by atoms with Crippen LogP contribution in [0.2, 0.25) is 5.02 Å². The molecule has 1 nitrogen and oxygen atoms in total. The molecule has 3 heteroatoms. The Morgan fingerprint density at radius 2 is 2.13 bits per heavy atom.